The second kappa shape index (κ2) is 7.62. The van der Waals surface area contributed by atoms with E-state index in [9.17, 15) is 9.59 Å². The molecule has 1 saturated heterocycles. The van der Waals surface area contributed by atoms with E-state index in [0.29, 0.717) is 12.3 Å². The van der Waals surface area contributed by atoms with E-state index < -0.39 is 5.91 Å². The molecule has 20 heavy (non-hydrogen) atoms. The van der Waals surface area contributed by atoms with Crippen LogP contribution in [0.25, 0.3) is 0 Å². The molecule has 5 heteroatoms. The van der Waals surface area contributed by atoms with Crippen LogP contribution in [-0.4, -0.2) is 42.4 Å². The maximum absolute atomic E-state index is 12.5. The van der Waals surface area contributed by atoms with Crippen LogP contribution in [-0.2, 0) is 9.59 Å². The first-order valence-electron chi connectivity index (χ1n) is 7.95. The quantitative estimate of drug-likeness (QED) is 0.790. The van der Waals surface area contributed by atoms with Crippen molar-refractivity contribution in [2.45, 2.75) is 57.4 Å². The lowest BCUT2D eigenvalue weighted by Crippen LogP contribution is -2.49. The van der Waals surface area contributed by atoms with Crippen molar-refractivity contribution in [3.8, 4) is 0 Å². The van der Waals surface area contributed by atoms with Crippen molar-refractivity contribution >= 4 is 11.8 Å². The number of rotatable bonds is 5. The third kappa shape index (κ3) is 4.47. The van der Waals surface area contributed by atoms with Crippen molar-refractivity contribution in [1.29, 1.82) is 0 Å². The van der Waals surface area contributed by atoms with Crippen LogP contribution in [0.15, 0.2) is 0 Å². The van der Waals surface area contributed by atoms with E-state index in [1.807, 2.05) is 0 Å². The molecule has 0 aromatic carbocycles. The van der Waals surface area contributed by atoms with E-state index in [1.165, 1.54) is 19.3 Å². The van der Waals surface area contributed by atoms with Gasteiger partial charge in [0.1, 0.15) is 0 Å². The zero-order valence-corrected chi connectivity index (χ0v) is 12.3. The van der Waals surface area contributed by atoms with Crippen LogP contribution in [0.4, 0.5) is 0 Å². The highest BCUT2D eigenvalue weighted by molar-refractivity contribution is 5.84. The molecule has 1 heterocycles. The average molecular weight is 281 g/mol. The summed E-state index contributed by atoms with van der Waals surface area (Å²) in [5.41, 5.74) is 5.32. The Hall–Kier alpha value is -1.10. The number of nitrogens with zero attached hydrogens (tertiary/aromatic N) is 1. The number of nitrogens with two attached hydrogens (primary N) is 1. The van der Waals surface area contributed by atoms with Gasteiger partial charge in [0.05, 0.1) is 6.54 Å². The Kier molecular flexibility index (Phi) is 5.83. The molecule has 0 atom stereocenters. The fraction of sp³-hybridized carbons (Fsp3) is 0.867. The predicted molar refractivity (Wildman–Crippen MR) is 78.0 cm³/mol. The molecule has 0 spiro atoms. The summed E-state index contributed by atoms with van der Waals surface area (Å²) in [7, 11) is 0. The van der Waals surface area contributed by atoms with Crippen molar-refractivity contribution in [1.82, 2.24) is 10.2 Å². The van der Waals surface area contributed by atoms with Crippen molar-refractivity contribution in [3.05, 3.63) is 0 Å². The van der Waals surface area contributed by atoms with Gasteiger partial charge in [0, 0.05) is 12.5 Å². The number of carbonyl (C=O) groups excluding carboxylic acids is 2. The van der Waals surface area contributed by atoms with Crippen LogP contribution in [0.3, 0.4) is 0 Å². The Balaban J connectivity index is 1.93. The van der Waals surface area contributed by atoms with Gasteiger partial charge in [-0.25, -0.2) is 0 Å². The molecule has 3 N–H and O–H groups in total. The summed E-state index contributed by atoms with van der Waals surface area (Å²) in [4.78, 5) is 25.6. The van der Waals surface area contributed by atoms with Gasteiger partial charge in [0.25, 0.3) is 0 Å². The molecule has 1 aliphatic carbocycles. The number of carbonyl (C=O) groups is 2. The minimum Gasteiger partial charge on any atom is -0.368 e. The lowest BCUT2D eigenvalue weighted by molar-refractivity contribution is -0.139. The maximum Gasteiger partial charge on any atom is 0.237 e. The van der Waals surface area contributed by atoms with Gasteiger partial charge >= 0.3 is 0 Å². The molecule has 1 aliphatic heterocycles. The molecule has 0 aromatic heterocycles. The van der Waals surface area contributed by atoms with Gasteiger partial charge in [0.2, 0.25) is 11.8 Å². The molecule has 2 fully saturated rings. The van der Waals surface area contributed by atoms with E-state index in [1.54, 1.807) is 4.90 Å². The SMILES string of the molecule is NC(=O)CN(C(=O)CC1CCCCC1)C1CCNCC1. The van der Waals surface area contributed by atoms with Crippen LogP contribution in [0.1, 0.15) is 51.4 Å². The van der Waals surface area contributed by atoms with E-state index in [0.717, 1.165) is 38.8 Å². The molecule has 0 radical (unpaired) electrons. The van der Waals surface area contributed by atoms with Crippen molar-refractivity contribution < 1.29 is 9.59 Å². The number of piperidine rings is 1. The lowest BCUT2D eigenvalue weighted by atomic mass is 9.86. The van der Waals surface area contributed by atoms with Crippen LogP contribution in [0, 0.1) is 5.92 Å². The number of hydrogen-bond acceptors (Lipinski definition) is 3. The first-order chi connectivity index (χ1) is 9.66. The number of nitrogens with one attached hydrogen (secondary N) is 1. The van der Waals surface area contributed by atoms with E-state index in [-0.39, 0.29) is 18.5 Å². The van der Waals surface area contributed by atoms with E-state index in [2.05, 4.69) is 5.32 Å². The molecule has 114 valence electrons. The van der Waals surface area contributed by atoms with Gasteiger partial charge in [-0.15, -0.1) is 0 Å². The molecule has 5 nitrogen and oxygen atoms in total. The normalized spacial score (nSPS) is 21.6. The lowest BCUT2D eigenvalue weighted by Gasteiger charge is -2.35. The topological polar surface area (TPSA) is 75.4 Å². The van der Waals surface area contributed by atoms with Gasteiger partial charge in [-0.2, -0.15) is 0 Å². The Morgan fingerprint density at radius 1 is 1.05 bits per heavy atom. The highest BCUT2D eigenvalue weighted by atomic mass is 16.2. The molecule has 0 aromatic rings. The largest absolute Gasteiger partial charge is 0.368 e. The summed E-state index contributed by atoms with van der Waals surface area (Å²) in [6.07, 6.45) is 8.52. The van der Waals surface area contributed by atoms with Crippen molar-refractivity contribution in [3.63, 3.8) is 0 Å². The third-order valence-electron chi connectivity index (χ3n) is 4.58. The summed E-state index contributed by atoms with van der Waals surface area (Å²) in [5.74, 6) is 0.233. The fourth-order valence-corrected chi connectivity index (χ4v) is 3.46. The van der Waals surface area contributed by atoms with Crippen LogP contribution >= 0.6 is 0 Å². The molecule has 0 unspecified atom stereocenters. The standard InChI is InChI=1S/C15H27N3O2/c16-14(19)11-18(13-6-8-17-9-7-13)15(20)10-12-4-2-1-3-5-12/h12-13,17H,1-11H2,(H2,16,19). The first-order valence-corrected chi connectivity index (χ1v) is 7.95. The van der Waals surface area contributed by atoms with Crippen molar-refractivity contribution in [2.24, 2.45) is 11.7 Å². The zero-order valence-electron chi connectivity index (χ0n) is 12.3. The van der Waals surface area contributed by atoms with Gasteiger partial charge in [-0.1, -0.05) is 19.3 Å². The molecule has 2 rings (SSSR count). The minimum atomic E-state index is -0.402. The second-order valence-electron chi connectivity index (χ2n) is 6.18. The number of hydrogen-bond donors (Lipinski definition) is 2. The summed E-state index contributed by atoms with van der Waals surface area (Å²) in [6.45, 7) is 1.91. The van der Waals surface area contributed by atoms with Gasteiger partial charge in [0.15, 0.2) is 0 Å². The highest BCUT2D eigenvalue weighted by Gasteiger charge is 2.28. The van der Waals surface area contributed by atoms with Crippen LogP contribution in [0.5, 0.6) is 0 Å². The number of primary amides is 1. The Bertz CT molecular complexity index is 334. The van der Waals surface area contributed by atoms with Crippen LogP contribution in [0.2, 0.25) is 0 Å². The highest BCUT2D eigenvalue weighted by Crippen LogP contribution is 2.27. The first kappa shape index (κ1) is 15.3. The van der Waals surface area contributed by atoms with Crippen molar-refractivity contribution in [2.75, 3.05) is 19.6 Å². The van der Waals surface area contributed by atoms with Gasteiger partial charge in [-0.05, 0) is 44.7 Å². The summed E-state index contributed by atoms with van der Waals surface area (Å²) in [6, 6.07) is 0.180. The fourth-order valence-electron chi connectivity index (χ4n) is 3.46. The third-order valence-corrected chi connectivity index (χ3v) is 4.58. The van der Waals surface area contributed by atoms with Gasteiger partial charge < -0.3 is 16.0 Å². The maximum atomic E-state index is 12.5. The smallest absolute Gasteiger partial charge is 0.237 e. The summed E-state index contributed by atoms with van der Waals surface area (Å²) in [5, 5.41) is 3.29. The zero-order chi connectivity index (χ0) is 14.4. The van der Waals surface area contributed by atoms with E-state index in [4.69, 9.17) is 5.73 Å². The monoisotopic (exact) mass is 281 g/mol. The van der Waals surface area contributed by atoms with E-state index >= 15 is 0 Å². The second-order valence-corrected chi connectivity index (χ2v) is 6.18. The molecule has 2 amide bonds. The Morgan fingerprint density at radius 3 is 2.30 bits per heavy atom. The molecule has 0 bridgehead atoms. The average Bonchev–Trinajstić information content (AvgIpc) is 2.46. The minimum absolute atomic E-state index is 0.0796. The predicted octanol–water partition coefficient (Wildman–Crippen LogP) is 1.02. The molecular formula is C15H27N3O2. The van der Waals surface area contributed by atoms with Crippen LogP contribution < -0.4 is 11.1 Å². The summed E-state index contributed by atoms with van der Waals surface area (Å²) >= 11 is 0. The Morgan fingerprint density at radius 2 is 1.70 bits per heavy atom. The summed E-state index contributed by atoms with van der Waals surface area (Å²) < 4.78 is 0. The molecular weight excluding hydrogens is 254 g/mol. The van der Waals surface area contributed by atoms with Gasteiger partial charge in [-0.3, -0.25) is 9.59 Å². The number of amides is 2. The molecule has 1 saturated carbocycles. The molecule has 2 aliphatic rings. The Labute approximate surface area is 121 Å².